The number of hydrogen-bond donors (Lipinski definition) is 1. The summed E-state index contributed by atoms with van der Waals surface area (Å²) < 4.78 is 5.69. The molecule has 14 heavy (non-hydrogen) atoms. The lowest BCUT2D eigenvalue weighted by atomic mass is 9.81. The van der Waals surface area contributed by atoms with Gasteiger partial charge in [-0.25, -0.2) is 0 Å². The minimum Gasteiger partial charge on any atom is -0.378 e. The Morgan fingerprint density at radius 1 is 1.21 bits per heavy atom. The average Bonchev–Trinajstić information content (AvgIpc) is 2.46. The maximum atomic E-state index is 5.69. The van der Waals surface area contributed by atoms with Crippen LogP contribution >= 0.6 is 0 Å². The van der Waals surface area contributed by atoms with Gasteiger partial charge in [-0.1, -0.05) is 25.7 Å². The molecule has 0 aromatic rings. The van der Waals surface area contributed by atoms with Gasteiger partial charge in [-0.15, -0.1) is 0 Å². The molecule has 2 nitrogen and oxygen atoms in total. The van der Waals surface area contributed by atoms with Crippen LogP contribution < -0.4 is 5.73 Å². The van der Waals surface area contributed by atoms with Crippen molar-refractivity contribution in [1.29, 1.82) is 0 Å². The van der Waals surface area contributed by atoms with Crippen LogP contribution in [0, 0.1) is 5.92 Å². The van der Waals surface area contributed by atoms with Crippen LogP contribution in [0.15, 0.2) is 0 Å². The zero-order chi connectivity index (χ0) is 10.4. The number of rotatable bonds is 4. The predicted octanol–water partition coefficient (Wildman–Crippen LogP) is 2.71. The van der Waals surface area contributed by atoms with Crippen molar-refractivity contribution in [1.82, 2.24) is 0 Å². The highest BCUT2D eigenvalue weighted by Gasteiger charge is 2.33. The van der Waals surface area contributed by atoms with Crippen molar-refractivity contribution < 1.29 is 4.74 Å². The van der Waals surface area contributed by atoms with E-state index in [1.165, 1.54) is 38.5 Å². The second-order valence-corrected chi connectivity index (χ2v) is 4.74. The van der Waals surface area contributed by atoms with Crippen molar-refractivity contribution in [2.24, 2.45) is 11.7 Å². The molecule has 0 saturated heterocycles. The summed E-state index contributed by atoms with van der Waals surface area (Å²) >= 11 is 0. The zero-order valence-electron chi connectivity index (χ0n) is 9.72. The van der Waals surface area contributed by atoms with Gasteiger partial charge in [-0.05, 0) is 38.6 Å². The first kappa shape index (κ1) is 12.0. The monoisotopic (exact) mass is 199 g/mol. The number of hydrogen-bond acceptors (Lipinski definition) is 2. The van der Waals surface area contributed by atoms with Crippen molar-refractivity contribution >= 4 is 0 Å². The van der Waals surface area contributed by atoms with Gasteiger partial charge in [0.25, 0.3) is 0 Å². The molecule has 1 rings (SSSR count). The second-order valence-electron chi connectivity index (χ2n) is 4.74. The highest BCUT2D eigenvalue weighted by atomic mass is 16.5. The van der Waals surface area contributed by atoms with Crippen molar-refractivity contribution in [2.75, 3.05) is 13.7 Å². The third-order valence-electron chi connectivity index (χ3n) is 3.83. The molecule has 1 aliphatic carbocycles. The van der Waals surface area contributed by atoms with E-state index in [1.54, 1.807) is 0 Å². The maximum absolute atomic E-state index is 5.69. The lowest BCUT2D eigenvalue weighted by Gasteiger charge is -2.36. The molecule has 0 spiro atoms. The molecule has 0 radical (unpaired) electrons. The van der Waals surface area contributed by atoms with Crippen molar-refractivity contribution in [3.63, 3.8) is 0 Å². The van der Waals surface area contributed by atoms with Gasteiger partial charge in [0.1, 0.15) is 0 Å². The van der Waals surface area contributed by atoms with E-state index in [4.69, 9.17) is 10.5 Å². The third-order valence-corrected chi connectivity index (χ3v) is 3.83. The molecular formula is C12H25NO. The number of methoxy groups -OCH3 is 1. The van der Waals surface area contributed by atoms with Crippen LogP contribution in [0.2, 0.25) is 0 Å². The van der Waals surface area contributed by atoms with E-state index in [9.17, 15) is 0 Å². The molecule has 0 aromatic heterocycles. The van der Waals surface area contributed by atoms with Crippen LogP contribution in [0.1, 0.15) is 51.9 Å². The van der Waals surface area contributed by atoms with E-state index in [-0.39, 0.29) is 5.60 Å². The van der Waals surface area contributed by atoms with E-state index in [0.29, 0.717) is 0 Å². The molecule has 0 bridgehead atoms. The normalized spacial score (nSPS) is 24.2. The van der Waals surface area contributed by atoms with Crippen LogP contribution in [0.3, 0.4) is 0 Å². The van der Waals surface area contributed by atoms with E-state index >= 15 is 0 Å². The van der Waals surface area contributed by atoms with Crippen LogP contribution in [-0.2, 0) is 4.74 Å². The molecule has 1 fully saturated rings. The van der Waals surface area contributed by atoms with Gasteiger partial charge >= 0.3 is 0 Å². The summed E-state index contributed by atoms with van der Waals surface area (Å²) in [7, 11) is 1.83. The molecule has 1 saturated carbocycles. The summed E-state index contributed by atoms with van der Waals surface area (Å²) in [4.78, 5) is 0. The Morgan fingerprint density at radius 2 is 1.79 bits per heavy atom. The van der Waals surface area contributed by atoms with Gasteiger partial charge in [0, 0.05) is 7.11 Å². The molecule has 0 aromatic carbocycles. The molecule has 0 amide bonds. The standard InChI is InChI=1S/C12H25NO/c1-12(14-2,9-10-13)11-7-5-3-4-6-8-11/h11H,3-10,13H2,1-2H3. The van der Waals surface area contributed by atoms with Gasteiger partial charge in [0.2, 0.25) is 0 Å². The molecule has 2 heteroatoms. The Kier molecular flexibility index (Phi) is 4.90. The molecule has 1 aliphatic rings. The fraction of sp³-hybridized carbons (Fsp3) is 1.00. The van der Waals surface area contributed by atoms with E-state index in [2.05, 4.69) is 6.92 Å². The van der Waals surface area contributed by atoms with Gasteiger partial charge in [0.15, 0.2) is 0 Å². The fourth-order valence-corrected chi connectivity index (χ4v) is 2.65. The lowest BCUT2D eigenvalue weighted by molar-refractivity contribution is -0.0528. The largest absolute Gasteiger partial charge is 0.378 e. The third kappa shape index (κ3) is 2.96. The second kappa shape index (κ2) is 5.72. The van der Waals surface area contributed by atoms with Crippen LogP contribution in [0.25, 0.3) is 0 Å². The van der Waals surface area contributed by atoms with Crippen molar-refractivity contribution in [2.45, 2.75) is 57.5 Å². The van der Waals surface area contributed by atoms with E-state index < -0.39 is 0 Å². The minimum atomic E-state index is 0.0269. The van der Waals surface area contributed by atoms with E-state index in [1.807, 2.05) is 7.11 Å². The summed E-state index contributed by atoms with van der Waals surface area (Å²) in [6, 6.07) is 0. The number of nitrogens with two attached hydrogens (primary N) is 1. The highest BCUT2D eigenvalue weighted by Crippen LogP contribution is 2.35. The molecule has 1 unspecified atom stereocenters. The van der Waals surface area contributed by atoms with Gasteiger partial charge < -0.3 is 10.5 Å². The summed E-state index contributed by atoms with van der Waals surface area (Å²) in [5.41, 5.74) is 5.68. The smallest absolute Gasteiger partial charge is 0.0690 e. The molecular weight excluding hydrogens is 174 g/mol. The van der Waals surface area contributed by atoms with Crippen molar-refractivity contribution in [3.8, 4) is 0 Å². The molecule has 0 aliphatic heterocycles. The van der Waals surface area contributed by atoms with E-state index in [0.717, 1.165) is 18.9 Å². The van der Waals surface area contributed by atoms with Gasteiger partial charge in [-0.3, -0.25) is 0 Å². The average molecular weight is 199 g/mol. The molecule has 1 atom stereocenters. The minimum absolute atomic E-state index is 0.0269. The lowest BCUT2D eigenvalue weighted by Crippen LogP contribution is -2.38. The Labute approximate surface area is 88.2 Å². The quantitative estimate of drug-likeness (QED) is 0.707. The summed E-state index contributed by atoms with van der Waals surface area (Å²) in [6.07, 6.45) is 9.18. The first-order valence-electron chi connectivity index (χ1n) is 5.98. The summed E-state index contributed by atoms with van der Waals surface area (Å²) in [5, 5.41) is 0. The SMILES string of the molecule is COC(C)(CCN)C1CCCCCC1. The molecule has 2 N–H and O–H groups in total. The highest BCUT2D eigenvalue weighted by molar-refractivity contribution is 4.85. The Balaban J connectivity index is 2.56. The summed E-state index contributed by atoms with van der Waals surface area (Å²) in [6.45, 7) is 2.97. The van der Waals surface area contributed by atoms with Crippen LogP contribution in [-0.4, -0.2) is 19.3 Å². The van der Waals surface area contributed by atoms with Crippen molar-refractivity contribution in [3.05, 3.63) is 0 Å². The number of ether oxygens (including phenoxy) is 1. The van der Waals surface area contributed by atoms with Crippen LogP contribution in [0.5, 0.6) is 0 Å². The Hall–Kier alpha value is -0.0800. The first-order valence-corrected chi connectivity index (χ1v) is 5.98. The zero-order valence-corrected chi connectivity index (χ0v) is 9.72. The van der Waals surface area contributed by atoms with Gasteiger partial charge in [0.05, 0.1) is 5.60 Å². The maximum Gasteiger partial charge on any atom is 0.0690 e. The topological polar surface area (TPSA) is 35.2 Å². The molecule has 0 heterocycles. The Morgan fingerprint density at radius 3 is 2.21 bits per heavy atom. The van der Waals surface area contributed by atoms with Gasteiger partial charge in [-0.2, -0.15) is 0 Å². The van der Waals surface area contributed by atoms with Crippen LogP contribution in [0.4, 0.5) is 0 Å². The molecule has 84 valence electrons. The fourth-order valence-electron chi connectivity index (χ4n) is 2.65. The Bertz CT molecular complexity index is 152. The predicted molar refractivity (Wildman–Crippen MR) is 60.3 cm³/mol. The summed E-state index contributed by atoms with van der Waals surface area (Å²) in [5.74, 6) is 0.721. The first-order chi connectivity index (χ1) is 6.73.